The van der Waals surface area contributed by atoms with E-state index in [1.807, 2.05) is 18.7 Å². The largest absolute Gasteiger partial charge is 0.328 e. The summed E-state index contributed by atoms with van der Waals surface area (Å²) in [6.07, 6.45) is 1.03. The molecule has 0 saturated carbocycles. The van der Waals surface area contributed by atoms with Crippen molar-refractivity contribution in [2.45, 2.75) is 33.2 Å². The van der Waals surface area contributed by atoms with Gasteiger partial charge in [0.1, 0.15) is 4.88 Å². The molecule has 5 heteroatoms. The highest BCUT2D eigenvalue weighted by atomic mass is 32.1. The average Bonchev–Trinajstić information content (AvgIpc) is 2.92. The normalized spacial score (nSPS) is 18.2. The Morgan fingerprint density at radius 3 is 2.70 bits per heavy atom. The molecule has 2 aromatic rings. The Morgan fingerprint density at radius 2 is 2.09 bits per heavy atom. The van der Waals surface area contributed by atoms with Crippen molar-refractivity contribution >= 4 is 17.2 Å². The monoisotopic (exact) mass is 329 g/mol. The standard InChI is InChI=1S/C18H23N3OS/c1-4-14-5-7-15(8-6-14)16-11-19-9-10-21(16)18(22)17-12(2)20-13(3)23-17/h5-8,16,19H,4,9-11H2,1-3H3. The van der Waals surface area contributed by atoms with Gasteiger partial charge in [0.15, 0.2) is 0 Å². The van der Waals surface area contributed by atoms with E-state index in [0.29, 0.717) is 0 Å². The maximum atomic E-state index is 13.0. The van der Waals surface area contributed by atoms with E-state index >= 15 is 0 Å². The van der Waals surface area contributed by atoms with Gasteiger partial charge in [-0.05, 0) is 31.4 Å². The molecule has 0 bridgehead atoms. The molecule has 2 heterocycles. The maximum Gasteiger partial charge on any atom is 0.266 e. The molecule has 0 spiro atoms. The Balaban J connectivity index is 1.88. The summed E-state index contributed by atoms with van der Waals surface area (Å²) in [7, 11) is 0. The van der Waals surface area contributed by atoms with Crippen LogP contribution in [0.1, 0.15) is 44.5 Å². The van der Waals surface area contributed by atoms with Gasteiger partial charge in [-0.25, -0.2) is 4.98 Å². The molecule has 1 N–H and O–H groups in total. The van der Waals surface area contributed by atoms with Crippen LogP contribution < -0.4 is 5.32 Å². The van der Waals surface area contributed by atoms with Crippen LogP contribution in [0.25, 0.3) is 0 Å². The van der Waals surface area contributed by atoms with Crippen molar-refractivity contribution in [1.29, 1.82) is 0 Å². The van der Waals surface area contributed by atoms with Crippen LogP contribution in [-0.2, 0) is 6.42 Å². The molecule has 1 unspecified atom stereocenters. The van der Waals surface area contributed by atoms with Gasteiger partial charge in [0.05, 0.1) is 16.7 Å². The summed E-state index contributed by atoms with van der Waals surface area (Å²) in [6, 6.07) is 8.72. The molecule has 122 valence electrons. The molecule has 1 atom stereocenters. The molecular formula is C18H23N3OS. The fourth-order valence-corrected chi connectivity index (χ4v) is 3.96. The van der Waals surface area contributed by atoms with Crippen molar-refractivity contribution in [3.8, 4) is 0 Å². The number of hydrogen-bond donors (Lipinski definition) is 1. The topological polar surface area (TPSA) is 45.2 Å². The van der Waals surface area contributed by atoms with Crippen molar-refractivity contribution in [3.05, 3.63) is 51.0 Å². The highest BCUT2D eigenvalue weighted by molar-refractivity contribution is 7.13. The minimum atomic E-state index is 0.0870. The van der Waals surface area contributed by atoms with Gasteiger partial charge in [0.25, 0.3) is 5.91 Å². The SMILES string of the molecule is CCc1ccc(C2CNCCN2C(=O)c2sc(C)nc2C)cc1. The van der Waals surface area contributed by atoms with Gasteiger partial charge in [0, 0.05) is 19.6 Å². The van der Waals surface area contributed by atoms with Gasteiger partial charge < -0.3 is 10.2 Å². The Bertz CT molecular complexity index is 693. The lowest BCUT2D eigenvalue weighted by Crippen LogP contribution is -2.48. The Kier molecular flexibility index (Phi) is 4.78. The second-order valence-corrected chi connectivity index (χ2v) is 7.16. The number of amides is 1. The van der Waals surface area contributed by atoms with Gasteiger partial charge in [0.2, 0.25) is 0 Å². The van der Waals surface area contributed by atoms with E-state index in [1.165, 1.54) is 22.5 Å². The number of carbonyl (C=O) groups excluding carboxylic acids is 1. The zero-order valence-corrected chi connectivity index (χ0v) is 14.7. The quantitative estimate of drug-likeness (QED) is 0.941. The molecule has 1 aliphatic rings. The summed E-state index contributed by atoms with van der Waals surface area (Å²) in [6.45, 7) is 8.40. The zero-order chi connectivity index (χ0) is 16.4. The first kappa shape index (κ1) is 16.1. The number of nitrogens with zero attached hydrogens (tertiary/aromatic N) is 2. The molecule has 1 aromatic carbocycles. The summed E-state index contributed by atoms with van der Waals surface area (Å²) in [5, 5.41) is 4.36. The lowest BCUT2D eigenvalue weighted by Gasteiger charge is -2.36. The number of rotatable bonds is 3. The summed E-state index contributed by atoms with van der Waals surface area (Å²) in [5.74, 6) is 0.110. The Labute approximate surface area is 141 Å². The number of hydrogen-bond acceptors (Lipinski definition) is 4. The number of aryl methyl sites for hydroxylation is 3. The third-order valence-electron chi connectivity index (χ3n) is 4.37. The van der Waals surface area contributed by atoms with Crippen LogP contribution in [0.15, 0.2) is 24.3 Å². The molecule has 1 aliphatic heterocycles. The molecular weight excluding hydrogens is 306 g/mol. The van der Waals surface area contributed by atoms with E-state index in [1.54, 1.807) is 0 Å². The van der Waals surface area contributed by atoms with Gasteiger partial charge in [-0.2, -0.15) is 0 Å². The minimum Gasteiger partial charge on any atom is -0.328 e. The Hall–Kier alpha value is -1.72. The molecule has 0 aliphatic carbocycles. The minimum absolute atomic E-state index is 0.0870. The van der Waals surface area contributed by atoms with E-state index < -0.39 is 0 Å². The third-order valence-corrected chi connectivity index (χ3v) is 5.44. The summed E-state index contributed by atoms with van der Waals surface area (Å²) in [4.78, 5) is 20.2. The highest BCUT2D eigenvalue weighted by Gasteiger charge is 2.30. The molecule has 1 aromatic heterocycles. The van der Waals surface area contributed by atoms with Crippen LogP contribution in [0.3, 0.4) is 0 Å². The van der Waals surface area contributed by atoms with Gasteiger partial charge in [-0.15, -0.1) is 11.3 Å². The molecule has 4 nitrogen and oxygen atoms in total. The van der Waals surface area contributed by atoms with Crippen LogP contribution in [0.4, 0.5) is 0 Å². The average molecular weight is 329 g/mol. The second-order valence-electron chi connectivity index (χ2n) is 5.96. The predicted octanol–water partition coefficient (Wildman–Crippen LogP) is 3.11. The van der Waals surface area contributed by atoms with Crippen LogP contribution in [0, 0.1) is 13.8 Å². The first-order valence-corrected chi connectivity index (χ1v) is 8.96. The third kappa shape index (κ3) is 3.31. The molecule has 0 radical (unpaired) electrons. The Morgan fingerprint density at radius 1 is 1.35 bits per heavy atom. The molecule has 1 amide bonds. The number of benzene rings is 1. The van der Waals surface area contributed by atoms with Gasteiger partial charge in [-0.3, -0.25) is 4.79 Å². The van der Waals surface area contributed by atoms with Crippen LogP contribution in [0.5, 0.6) is 0 Å². The van der Waals surface area contributed by atoms with E-state index in [9.17, 15) is 4.79 Å². The summed E-state index contributed by atoms with van der Waals surface area (Å²) >= 11 is 1.50. The van der Waals surface area contributed by atoms with Crippen molar-refractivity contribution in [1.82, 2.24) is 15.2 Å². The molecule has 1 fully saturated rings. The van der Waals surface area contributed by atoms with Gasteiger partial charge in [-0.1, -0.05) is 31.2 Å². The number of nitrogens with one attached hydrogen (secondary N) is 1. The number of thiazole rings is 1. The lowest BCUT2D eigenvalue weighted by atomic mass is 10.0. The smallest absolute Gasteiger partial charge is 0.266 e. The highest BCUT2D eigenvalue weighted by Crippen LogP contribution is 2.27. The fourth-order valence-electron chi connectivity index (χ4n) is 3.08. The summed E-state index contributed by atoms with van der Waals surface area (Å²) < 4.78 is 0. The maximum absolute atomic E-state index is 13.0. The van der Waals surface area contributed by atoms with Crippen molar-refractivity contribution in [2.75, 3.05) is 19.6 Å². The van der Waals surface area contributed by atoms with E-state index in [0.717, 1.165) is 41.6 Å². The number of piperazine rings is 1. The van der Waals surface area contributed by atoms with E-state index in [4.69, 9.17) is 0 Å². The molecule has 1 saturated heterocycles. The van der Waals surface area contributed by atoms with Crippen LogP contribution in [-0.4, -0.2) is 35.4 Å². The lowest BCUT2D eigenvalue weighted by molar-refractivity contribution is 0.0638. The molecule has 23 heavy (non-hydrogen) atoms. The van der Waals surface area contributed by atoms with Crippen molar-refractivity contribution in [3.63, 3.8) is 0 Å². The second kappa shape index (κ2) is 6.81. The zero-order valence-electron chi connectivity index (χ0n) is 13.9. The fraction of sp³-hybridized carbons (Fsp3) is 0.444. The van der Waals surface area contributed by atoms with E-state index in [2.05, 4.69) is 41.5 Å². The predicted molar refractivity (Wildman–Crippen MR) is 94.1 cm³/mol. The summed E-state index contributed by atoms with van der Waals surface area (Å²) in [5.41, 5.74) is 3.36. The number of carbonyl (C=O) groups is 1. The van der Waals surface area contributed by atoms with Crippen LogP contribution in [0.2, 0.25) is 0 Å². The van der Waals surface area contributed by atoms with Crippen molar-refractivity contribution in [2.24, 2.45) is 0 Å². The van der Waals surface area contributed by atoms with E-state index in [-0.39, 0.29) is 11.9 Å². The van der Waals surface area contributed by atoms with Crippen molar-refractivity contribution < 1.29 is 4.79 Å². The van der Waals surface area contributed by atoms with Gasteiger partial charge >= 0.3 is 0 Å². The van der Waals surface area contributed by atoms with Crippen LogP contribution >= 0.6 is 11.3 Å². The first-order chi connectivity index (χ1) is 11.1. The number of aromatic nitrogens is 1. The molecule has 3 rings (SSSR count). The first-order valence-electron chi connectivity index (χ1n) is 8.14.